The summed E-state index contributed by atoms with van der Waals surface area (Å²) in [5.74, 6) is -2.09. The van der Waals surface area contributed by atoms with Crippen molar-refractivity contribution in [3.8, 4) is 11.5 Å². The molecule has 1 amide bonds. The molecule has 2 aromatic heterocycles. The summed E-state index contributed by atoms with van der Waals surface area (Å²) in [6.45, 7) is 1.40. The van der Waals surface area contributed by atoms with Crippen molar-refractivity contribution in [3.63, 3.8) is 0 Å². The maximum Gasteiger partial charge on any atom is 0.452 e. The molecule has 0 radical (unpaired) electrons. The van der Waals surface area contributed by atoms with E-state index in [4.69, 9.17) is 9.15 Å². The number of amides is 1. The summed E-state index contributed by atoms with van der Waals surface area (Å²) >= 11 is 0. The van der Waals surface area contributed by atoms with Crippen LogP contribution in [-0.2, 0) is 10.9 Å². The number of halogens is 3. The average Bonchev–Trinajstić information content (AvgIpc) is 3.15. The quantitative estimate of drug-likeness (QED) is 0.678. The number of rotatable bonds is 5. The van der Waals surface area contributed by atoms with Crippen LogP contribution in [0.5, 0.6) is 0 Å². The summed E-state index contributed by atoms with van der Waals surface area (Å²) in [6, 6.07) is 11.3. The third-order valence-corrected chi connectivity index (χ3v) is 4.63. The number of anilines is 2. The van der Waals surface area contributed by atoms with E-state index in [1.54, 1.807) is 49.6 Å². The molecule has 156 valence electrons. The number of carbonyl (C=O) groups is 1. The number of pyridine rings is 1. The highest BCUT2D eigenvalue weighted by Gasteiger charge is 2.42. The summed E-state index contributed by atoms with van der Waals surface area (Å²) in [5, 5.41) is 2.39. The Bertz CT molecular complexity index is 1030. The minimum absolute atomic E-state index is 0.151. The van der Waals surface area contributed by atoms with Crippen LogP contribution in [0, 0.1) is 0 Å². The van der Waals surface area contributed by atoms with E-state index < -0.39 is 23.5 Å². The summed E-state index contributed by atoms with van der Waals surface area (Å²) in [5.41, 5.74) is -0.266. The van der Waals surface area contributed by atoms with Gasteiger partial charge in [0.15, 0.2) is 5.69 Å². The Labute approximate surface area is 169 Å². The fraction of sp³-hybridized carbons (Fsp3) is 0.250. The molecule has 1 N–H and O–H groups in total. The number of ether oxygens (including phenoxy) is 1. The third kappa shape index (κ3) is 3.99. The fourth-order valence-electron chi connectivity index (χ4n) is 2.98. The van der Waals surface area contributed by atoms with Crippen molar-refractivity contribution in [1.29, 1.82) is 0 Å². The van der Waals surface area contributed by atoms with E-state index in [1.807, 2.05) is 4.90 Å². The van der Waals surface area contributed by atoms with Crippen molar-refractivity contribution in [1.82, 2.24) is 9.97 Å². The van der Waals surface area contributed by atoms with Crippen molar-refractivity contribution in [2.24, 2.45) is 0 Å². The number of hydrogen-bond donors (Lipinski definition) is 1. The molecular weight excluding hydrogens is 401 g/mol. The monoisotopic (exact) mass is 418 g/mol. The second kappa shape index (κ2) is 7.79. The van der Waals surface area contributed by atoms with Gasteiger partial charge >= 0.3 is 6.18 Å². The highest BCUT2D eigenvalue weighted by molar-refractivity contribution is 6.04. The molecule has 0 atom stereocenters. The molecule has 3 aromatic rings. The molecule has 0 spiro atoms. The molecule has 4 rings (SSSR count). The van der Waals surface area contributed by atoms with Crippen molar-refractivity contribution in [2.75, 3.05) is 30.4 Å². The van der Waals surface area contributed by atoms with E-state index in [1.165, 1.54) is 6.20 Å². The van der Waals surface area contributed by atoms with Gasteiger partial charge in [0.2, 0.25) is 11.7 Å². The number of nitrogens with zero attached hydrogens (tertiary/aromatic N) is 3. The molecule has 1 fully saturated rings. The van der Waals surface area contributed by atoms with Crippen LogP contribution in [0.4, 0.5) is 24.7 Å². The van der Waals surface area contributed by atoms with E-state index in [0.717, 1.165) is 0 Å². The number of oxazole rings is 1. The van der Waals surface area contributed by atoms with Crippen molar-refractivity contribution < 1.29 is 27.1 Å². The zero-order valence-corrected chi connectivity index (χ0v) is 15.8. The fourth-order valence-corrected chi connectivity index (χ4v) is 2.98. The lowest BCUT2D eigenvalue weighted by atomic mass is 10.1. The molecule has 0 bridgehead atoms. The van der Waals surface area contributed by atoms with Gasteiger partial charge in [0, 0.05) is 25.8 Å². The Morgan fingerprint density at radius 1 is 1.20 bits per heavy atom. The maximum absolute atomic E-state index is 13.4. The summed E-state index contributed by atoms with van der Waals surface area (Å²) in [6.07, 6.45) is -3.35. The van der Waals surface area contributed by atoms with Gasteiger partial charge in [-0.3, -0.25) is 4.79 Å². The Hall–Kier alpha value is -3.40. The molecular formula is C20H17F3N4O3. The zero-order chi connectivity index (χ0) is 21.3. The average molecular weight is 418 g/mol. The summed E-state index contributed by atoms with van der Waals surface area (Å²) in [4.78, 5) is 22.5. The predicted molar refractivity (Wildman–Crippen MR) is 102 cm³/mol. The Morgan fingerprint density at radius 2 is 1.93 bits per heavy atom. The van der Waals surface area contributed by atoms with Crippen molar-refractivity contribution in [2.45, 2.75) is 12.3 Å². The van der Waals surface area contributed by atoms with E-state index in [2.05, 4.69) is 15.3 Å². The van der Waals surface area contributed by atoms with Gasteiger partial charge in [-0.15, -0.1) is 0 Å². The van der Waals surface area contributed by atoms with Crippen LogP contribution in [-0.4, -0.2) is 42.2 Å². The van der Waals surface area contributed by atoms with Crippen molar-refractivity contribution >= 4 is 17.4 Å². The predicted octanol–water partition coefficient (Wildman–Crippen LogP) is 3.84. The smallest absolute Gasteiger partial charge is 0.431 e. The van der Waals surface area contributed by atoms with Crippen LogP contribution in [0.25, 0.3) is 11.5 Å². The number of benzene rings is 1. The first-order chi connectivity index (χ1) is 14.3. The number of methoxy groups -OCH3 is 1. The van der Waals surface area contributed by atoms with Crippen LogP contribution in [0.2, 0.25) is 0 Å². The third-order valence-electron chi connectivity index (χ3n) is 4.63. The first kappa shape index (κ1) is 19.9. The van der Waals surface area contributed by atoms with E-state index >= 15 is 0 Å². The van der Waals surface area contributed by atoms with Gasteiger partial charge in [-0.25, -0.2) is 9.97 Å². The van der Waals surface area contributed by atoms with Gasteiger partial charge in [-0.05, 0) is 24.3 Å². The molecule has 3 heterocycles. The number of carbonyl (C=O) groups excluding carboxylic acids is 1. The normalized spacial score (nSPS) is 14.5. The maximum atomic E-state index is 13.4. The van der Waals surface area contributed by atoms with Crippen molar-refractivity contribution in [3.05, 3.63) is 60.1 Å². The number of nitrogens with one attached hydrogen (secondary N) is 1. The molecule has 1 aromatic carbocycles. The van der Waals surface area contributed by atoms with E-state index in [9.17, 15) is 18.0 Å². The summed E-state index contributed by atoms with van der Waals surface area (Å²) in [7, 11) is 1.64. The Kier molecular flexibility index (Phi) is 5.17. The van der Waals surface area contributed by atoms with Gasteiger partial charge in [0.1, 0.15) is 5.82 Å². The highest BCUT2D eigenvalue weighted by Crippen LogP contribution is 2.35. The molecule has 0 unspecified atom stereocenters. The van der Waals surface area contributed by atoms with Gasteiger partial charge < -0.3 is 19.4 Å². The van der Waals surface area contributed by atoms with Crippen LogP contribution in [0.3, 0.4) is 0 Å². The minimum atomic E-state index is -4.87. The van der Waals surface area contributed by atoms with Gasteiger partial charge in [0.05, 0.1) is 18.0 Å². The highest BCUT2D eigenvalue weighted by atomic mass is 19.4. The second-order valence-electron chi connectivity index (χ2n) is 6.68. The Morgan fingerprint density at radius 3 is 2.53 bits per heavy atom. The van der Waals surface area contributed by atoms with Gasteiger partial charge in [0.25, 0.3) is 5.91 Å². The lowest BCUT2D eigenvalue weighted by molar-refractivity contribution is -0.153. The van der Waals surface area contributed by atoms with Gasteiger partial charge in [-0.1, -0.05) is 18.2 Å². The first-order valence-corrected chi connectivity index (χ1v) is 9.03. The topological polar surface area (TPSA) is 80.5 Å². The SMILES string of the molecule is COC1CN(c2ccc(NC(=O)c3nc(-c4ccccc4)oc3C(F)(F)F)cn2)C1. The second-order valence-corrected chi connectivity index (χ2v) is 6.68. The summed E-state index contributed by atoms with van der Waals surface area (Å²) < 4.78 is 50.2. The number of alkyl halides is 3. The lowest BCUT2D eigenvalue weighted by Gasteiger charge is -2.38. The minimum Gasteiger partial charge on any atom is -0.431 e. The number of aromatic nitrogens is 2. The van der Waals surface area contributed by atoms with Crippen LogP contribution in [0.15, 0.2) is 53.1 Å². The van der Waals surface area contributed by atoms with Gasteiger partial charge in [-0.2, -0.15) is 13.2 Å². The Balaban J connectivity index is 1.53. The molecule has 1 aliphatic rings. The molecule has 7 nitrogen and oxygen atoms in total. The zero-order valence-electron chi connectivity index (χ0n) is 15.8. The number of hydrogen-bond acceptors (Lipinski definition) is 6. The van der Waals surface area contributed by atoms with Crippen LogP contribution < -0.4 is 10.2 Å². The lowest BCUT2D eigenvalue weighted by Crippen LogP contribution is -2.52. The molecule has 1 aliphatic heterocycles. The molecule has 1 saturated heterocycles. The van der Waals surface area contributed by atoms with Crippen LogP contribution >= 0.6 is 0 Å². The molecule has 10 heteroatoms. The molecule has 0 saturated carbocycles. The van der Waals surface area contributed by atoms with Crippen LogP contribution in [0.1, 0.15) is 16.2 Å². The van der Waals surface area contributed by atoms with E-state index in [-0.39, 0.29) is 17.7 Å². The standard InChI is InChI=1S/C20H17F3N4O3/c1-29-14-10-27(11-14)15-8-7-13(9-24-15)25-18(28)16-17(20(21,22)23)30-19(26-16)12-5-3-2-4-6-12/h2-9,14H,10-11H2,1H3,(H,25,28). The first-order valence-electron chi connectivity index (χ1n) is 9.03. The molecule has 30 heavy (non-hydrogen) atoms. The van der Waals surface area contributed by atoms with E-state index in [0.29, 0.717) is 24.5 Å². The molecule has 0 aliphatic carbocycles. The largest absolute Gasteiger partial charge is 0.452 e.